The molecule has 0 aliphatic heterocycles. The highest BCUT2D eigenvalue weighted by molar-refractivity contribution is 5.17. The van der Waals surface area contributed by atoms with Crippen molar-refractivity contribution in [2.24, 2.45) is 5.41 Å². The fourth-order valence-electron chi connectivity index (χ4n) is 1.32. The number of hydrogen-bond acceptors (Lipinski definition) is 1. The van der Waals surface area contributed by atoms with Gasteiger partial charge in [-0.3, -0.25) is 0 Å². The first-order valence-electron chi connectivity index (χ1n) is 5.09. The Kier molecular flexibility index (Phi) is 3.01. The molecule has 0 aliphatic carbocycles. The van der Waals surface area contributed by atoms with Crippen LogP contribution < -0.4 is 0 Å². The zero-order chi connectivity index (χ0) is 10.8. The fraction of sp³-hybridized carbons (Fsp3) is 0.538. The van der Waals surface area contributed by atoms with Gasteiger partial charge < -0.3 is 5.11 Å². The molecule has 0 unspecified atom stereocenters. The highest BCUT2D eigenvalue weighted by atomic mass is 16.3. The zero-order valence-corrected chi connectivity index (χ0v) is 9.54. The van der Waals surface area contributed by atoms with Crippen molar-refractivity contribution in [1.29, 1.82) is 0 Å². The molecule has 0 spiro atoms. The Morgan fingerprint density at radius 3 is 1.93 bits per heavy atom. The smallest absolute Gasteiger partial charge is 0.0645 e. The van der Waals surface area contributed by atoms with E-state index < -0.39 is 5.60 Å². The highest BCUT2D eigenvalue weighted by Crippen LogP contribution is 2.33. The first-order chi connectivity index (χ1) is 6.33. The summed E-state index contributed by atoms with van der Waals surface area (Å²) in [5, 5.41) is 10.0. The maximum atomic E-state index is 10.0. The van der Waals surface area contributed by atoms with Gasteiger partial charge in [-0.05, 0) is 31.2 Å². The van der Waals surface area contributed by atoms with E-state index in [1.165, 1.54) is 5.56 Å². The molecule has 14 heavy (non-hydrogen) atoms. The summed E-state index contributed by atoms with van der Waals surface area (Å²) in [6.45, 7) is 7.94. The minimum absolute atomic E-state index is 0.103. The molecule has 0 fully saturated rings. The lowest BCUT2D eigenvalue weighted by molar-refractivity contribution is -0.0344. The lowest BCUT2D eigenvalue weighted by Gasteiger charge is -2.37. The van der Waals surface area contributed by atoms with Crippen LogP contribution in [0.15, 0.2) is 30.3 Å². The molecule has 0 radical (unpaired) electrons. The van der Waals surface area contributed by atoms with Gasteiger partial charge in [0, 0.05) is 0 Å². The molecule has 0 atom stereocenters. The summed E-state index contributed by atoms with van der Waals surface area (Å²) in [4.78, 5) is 0. The maximum absolute atomic E-state index is 10.0. The topological polar surface area (TPSA) is 20.2 Å². The Balaban J connectivity index is 2.79. The molecule has 1 rings (SSSR count). The Bertz CT molecular complexity index is 280. The predicted octanol–water partition coefficient (Wildman–Crippen LogP) is 3.03. The van der Waals surface area contributed by atoms with Gasteiger partial charge in [-0.2, -0.15) is 0 Å². The van der Waals surface area contributed by atoms with E-state index in [-0.39, 0.29) is 5.41 Å². The van der Waals surface area contributed by atoms with Crippen molar-refractivity contribution in [3.63, 3.8) is 0 Å². The van der Waals surface area contributed by atoms with Crippen LogP contribution in [0, 0.1) is 5.41 Å². The Hall–Kier alpha value is -0.820. The van der Waals surface area contributed by atoms with Crippen LogP contribution in [0.3, 0.4) is 0 Å². The summed E-state index contributed by atoms with van der Waals surface area (Å²) in [6.07, 6.45) is 0.900. The molecule has 0 saturated carbocycles. The summed E-state index contributed by atoms with van der Waals surface area (Å²) in [5.41, 5.74) is 0.525. The van der Waals surface area contributed by atoms with Gasteiger partial charge in [0.25, 0.3) is 0 Å². The molecule has 1 N–H and O–H groups in total. The first kappa shape index (κ1) is 11.3. The van der Waals surface area contributed by atoms with E-state index in [9.17, 15) is 5.11 Å². The summed E-state index contributed by atoms with van der Waals surface area (Å²) in [5.74, 6) is 0. The second-order valence-electron chi connectivity index (χ2n) is 5.11. The SMILES string of the molecule is CC(C)(O)C(C)(C)Cc1ccccc1. The molecule has 0 aromatic heterocycles. The quantitative estimate of drug-likeness (QED) is 0.780. The van der Waals surface area contributed by atoms with E-state index in [2.05, 4.69) is 26.0 Å². The Labute approximate surface area is 86.8 Å². The summed E-state index contributed by atoms with van der Waals surface area (Å²) in [7, 11) is 0. The average Bonchev–Trinajstić information content (AvgIpc) is 2.03. The largest absolute Gasteiger partial charge is 0.390 e. The summed E-state index contributed by atoms with van der Waals surface area (Å²) in [6, 6.07) is 10.3. The molecule has 0 heterocycles. The van der Waals surface area contributed by atoms with Crippen molar-refractivity contribution < 1.29 is 5.11 Å². The van der Waals surface area contributed by atoms with E-state index in [1.54, 1.807) is 0 Å². The third kappa shape index (κ3) is 2.58. The van der Waals surface area contributed by atoms with Gasteiger partial charge in [0.2, 0.25) is 0 Å². The van der Waals surface area contributed by atoms with E-state index in [4.69, 9.17) is 0 Å². The summed E-state index contributed by atoms with van der Waals surface area (Å²) >= 11 is 0. The zero-order valence-electron chi connectivity index (χ0n) is 9.54. The maximum Gasteiger partial charge on any atom is 0.0645 e. The molecular weight excluding hydrogens is 172 g/mol. The second-order valence-corrected chi connectivity index (χ2v) is 5.11. The van der Waals surface area contributed by atoms with Crippen molar-refractivity contribution in [3.8, 4) is 0 Å². The molecule has 1 aromatic rings. The second kappa shape index (κ2) is 3.74. The monoisotopic (exact) mass is 192 g/mol. The lowest BCUT2D eigenvalue weighted by Crippen LogP contribution is -2.40. The Morgan fingerprint density at radius 1 is 1.00 bits per heavy atom. The minimum Gasteiger partial charge on any atom is -0.390 e. The molecule has 1 heteroatoms. The molecule has 78 valence electrons. The van der Waals surface area contributed by atoms with Crippen LogP contribution in [0.25, 0.3) is 0 Å². The molecule has 0 bridgehead atoms. The minimum atomic E-state index is -0.650. The number of aliphatic hydroxyl groups is 1. The first-order valence-corrected chi connectivity index (χ1v) is 5.09. The Morgan fingerprint density at radius 2 is 1.50 bits per heavy atom. The molecule has 1 aromatic carbocycles. The third-order valence-corrected chi connectivity index (χ3v) is 3.15. The van der Waals surface area contributed by atoms with Crippen molar-refractivity contribution >= 4 is 0 Å². The molecule has 0 saturated heterocycles. The highest BCUT2D eigenvalue weighted by Gasteiger charge is 2.34. The normalized spacial score (nSPS) is 12.9. The van der Waals surface area contributed by atoms with Crippen LogP contribution in [-0.4, -0.2) is 10.7 Å². The van der Waals surface area contributed by atoms with Gasteiger partial charge in [0.05, 0.1) is 5.60 Å². The number of hydrogen-bond donors (Lipinski definition) is 1. The van der Waals surface area contributed by atoms with Crippen LogP contribution in [-0.2, 0) is 6.42 Å². The predicted molar refractivity (Wildman–Crippen MR) is 60.2 cm³/mol. The van der Waals surface area contributed by atoms with Crippen LogP contribution in [0.1, 0.15) is 33.3 Å². The standard InChI is InChI=1S/C13H20O/c1-12(2,13(3,4)14)10-11-8-6-5-7-9-11/h5-9,14H,10H2,1-4H3. The van der Waals surface area contributed by atoms with Crippen LogP contribution >= 0.6 is 0 Å². The summed E-state index contributed by atoms with van der Waals surface area (Å²) < 4.78 is 0. The van der Waals surface area contributed by atoms with Gasteiger partial charge in [0.1, 0.15) is 0 Å². The van der Waals surface area contributed by atoms with Crippen LogP contribution in [0.2, 0.25) is 0 Å². The van der Waals surface area contributed by atoms with E-state index in [1.807, 2.05) is 32.0 Å². The molecule has 0 amide bonds. The molecular formula is C13H20O. The lowest BCUT2D eigenvalue weighted by atomic mass is 9.73. The van der Waals surface area contributed by atoms with Crippen molar-refractivity contribution in [3.05, 3.63) is 35.9 Å². The average molecular weight is 192 g/mol. The number of rotatable bonds is 3. The van der Waals surface area contributed by atoms with Crippen LogP contribution in [0.5, 0.6) is 0 Å². The van der Waals surface area contributed by atoms with Gasteiger partial charge in [-0.15, -0.1) is 0 Å². The van der Waals surface area contributed by atoms with E-state index in [0.29, 0.717) is 0 Å². The van der Waals surface area contributed by atoms with Crippen molar-refractivity contribution in [2.45, 2.75) is 39.7 Å². The van der Waals surface area contributed by atoms with E-state index >= 15 is 0 Å². The van der Waals surface area contributed by atoms with Crippen molar-refractivity contribution in [1.82, 2.24) is 0 Å². The molecule has 0 aliphatic rings. The van der Waals surface area contributed by atoms with Gasteiger partial charge in [0.15, 0.2) is 0 Å². The van der Waals surface area contributed by atoms with Crippen molar-refractivity contribution in [2.75, 3.05) is 0 Å². The fourth-order valence-corrected chi connectivity index (χ4v) is 1.32. The van der Waals surface area contributed by atoms with Gasteiger partial charge >= 0.3 is 0 Å². The number of benzene rings is 1. The van der Waals surface area contributed by atoms with Crippen LogP contribution in [0.4, 0.5) is 0 Å². The van der Waals surface area contributed by atoms with Gasteiger partial charge in [-0.1, -0.05) is 44.2 Å². The third-order valence-electron chi connectivity index (χ3n) is 3.15. The van der Waals surface area contributed by atoms with Gasteiger partial charge in [-0.25, -0.2) is 0 Å². The van der Waals surface area contributed by atoms with E-state index in [0.717, 1.165) is 6.42 Å². The molecule has 1 nitrogen and oxygen atoms in total.